The highest BCUT2D eigenvalue weighted by Gasteiger charge is 2.10. The molecule has 0 fully saturated rings. The van der Waals surface area contributed by atoms with Crippen molar-refractivity contribution < 1.29 is 4.79 Å². The lowest BCUT2D eigenvalue weighted by molar-refractivity contribution is -0.116. The molecule has 0 aliphatic carbocycles. The van der Waals surface area contributed by atoms with E-state index in [1.165, 1.54) is 11.3 Å². The number of anilines is 1. The Hall–Kier alpha value is -2.49. The van der Waals surface area contributed by atoms with Crippen LogP contribution in [0, 0.1) is 13.8 Å². The second kappa shape index (κ2) is 8.94. The van der Waals surface area contributed by atoms with Gasteiger partial charge < -0.3 is 15.6 Å². The third-order valence-corrected chi connectivity index (χ3v) is 5.09. The van der Waals surface area contributed by atoms with Gasteiger partial charge in [0, 0.05) is 34.8 Å². The van der Waals surface area contributed by atoms with E-state index in [0.29, 0.717) is 30.4 Å². The highest BCUT2D eigenvalue weighted by molar-refractivity contribution is 7.09. The Kier molecular flexibility index (Phi) is 6.89. The van der Waals surface area contributed by atoms with Gasteiger partial charge in [-0.25, -0.2) is 4.98 Å². The summed E-state index contributed by atoms with van der Waals surface area (Å²) in [5.74, 6) is 1.04. The fraction of sp³-hybridized carbons (Fsp3) is 0.294. The van der Waals surface area contributed by atoms with Gasteiger partial charge in [-0.1, -0.05) is 11.3 Å². The van der Waals surface area contributed by atoms with Crippen molar-refractivity contribution >= 4 is 35.3 Å². The molecule has 3 aromatic rings. The number of carbonyl (C=O) groups is 1. The predicted molar refractivity (Wildman–Crippen MR) is 108 cm³/mol. The molecule has 1 amide bonds. The number of rotatable bonds is 6. The zero-order valence-electron chi connectivity index (χ0n) is 15.0. The van der Waals surface area contributed by atoms with Crippen LogP contribution in [0.3, 0.4) is 0 Å². The summed E-state index contributed by atoms with van der Waals surface area (Å²) in [4.78, 5) is 29.2. The molecule has 0 bridgehead atoms. The van der Waals surface area contributed by atoms with Crippen molar-refractivity contribution in [1.29, 1.82) is 0 Å². The van der Waals surface area contributed by atoms with Crippen LogP contribution >= 0.6 is 23.7 Å². The van der Waals surface area contributed by atoms with Crippen molar-refractivity contribution in [3.05, 3.63) is 50.3 Å². The number of hydrogen-bond acceptors (Lipinski definition) is 6. The number of benzene rings is 1. The molecule has 27 heavy (non-hydrogen) atoms. The summed E-state index contributed by atoms with van der Waals surface area (Å²) < 4.78 is 1.64. The molecule has 2 aromatic heterocycles. The summed E-state index contributed by atoms with van der Waals surface area (Å²) in [5, 5.41) is 9.69. The van der Waals surface area contributed by atoms with E-state index in [0.717, 1.165) is 16.1 Å². The number of hydrogen-bond donors (Lipinski definition) is 3. The summed E-state index contributed by atoms with van der Waals surface area (Å²) in [6.45, 7) is 4.47. The first-order valence-electron chi connectivity index (χ1n) is 8.16. The molecular formula is C17H21ClN6O2S. The number of aromatic amines is 1. The van der Waals surface area contributed by atoms with Gasteiger partial charge in [0.2, 0.25) is 5.91 Å². The predicted octanol–water partition coefficient (Wildman–Crippen LogP) is 2.22. The molecule has 0 saturated heterocycles. The van der Waals surface area contributed by atoms with Gasteiger partial charge in [-0.2, -0.15) is 5.10 Å². The topological polar surface area (TPSA) is 119 Å². The van der Waals surface area contributed by atoms with Gasteiger partial charge in [-0.3, -0.25) is 14.7 Å². The van der Waals surface area contributed by atoms with Crippen LogP contribution in [0.4, 0.5) is 5.69 Å². The first-order chi connectivity index (χ1) is 12.5. The Bertz CT molecular complexity index is 976. The lowest BCUT2D eigenvalue weighted by Gasteiger charge is -2.07. The SMILES string of the molecule is Cc1sc(=O)n(CCC(=O)Nc2ccc(-c3n[nH]c(CN)n3)cc2)c1C.Cl. The second-order valence-electron chi connectivity index (χ2n) is 5.85. The number of nitrogens with one attached hydrogen (secondary N) is 2. The lowest BCUT2D eigenvalue weighted by Crippen LogP contribution is -2.20. The number of aryl methyl sites for hydroxylation is 1. The van der Waals surface area contributed by atoms with Gasteiger partial charge in [0.05, 0.1) is 6.54 Å². The van der Waals surface area contributed by atoms with E-state index in [1.54, 1.807) is 16.7 Å². The second-order valence-corrected chi connectivity index (χ2v) is 7.01. The Labute approximate surface area is 166 Å². The fourth-order valence-corrected chi connectivity index (χ4v) is 3.36. The molecule has 0 spiro atoms. The van der Waals surface area contributed by atoms with Crippen molar-refractivity contribution in [1.82, 2.24) is 19.7 Å². The quantitative estimate of drug-likeness (QED) is 0.577. The fourth-order valence-electron chi connectivity index (χ4n) is 2.50. The average Bonchev–Trinajstić information content (AvgIpc) is 3.19. The molecule has 8 nitrogen and oxygen atoms in total. The zero-order valence-corrected chi connectivity index (χ0v) is 16.6. The Morgan fingerprint density at radius 2 is 2.00 bits per heavy atom. The molecule has 1 aromatic carbocycles. The van der Waals surface area contributed by atoms with Gasteiger partial charge in [0.1, 0.15) is 5.82 Å². The molecule has 0 atom stereocenters. The van der Waals surface area contributed by atoms with E-state index in [9.17, 15) is 9.59 Å². The molecule has 0 radical (unpaired) electrons. The highest BCUT2D eigenvalue weighted by atomic mass is 35.5. The molecule has 10 heteroatoms. The van der Waals surface area contributed by atoms with E-state index < -0.39 is 0 Å². The largest absolute Gasteiger partial charge is 0.326 e. The number of carbonyl (C=O) groups excluding carboxylic acids is 1. The minimum Gasteiger partial charge on any atom is -0.326 e. The van der Waals surface area contributed by atoms with Crippen LogP contribution in [0.5, 0.6) is 0 Å². The molecule has 4 N–H and O–H groups in total. The first kappa shape index (κ1) is 20.8. The Balaban J connectivity index is 0.00000261. The Morgan fingerprint density at radius 3 is 2.56 bits per heavy atom. The maximum atomic E-state index is 12.1. The number of nitrogens with zero attached hydrogens (tertiary/aromatic N) is 3. The van der Waals surface area contributed by atoms with E-state index >= 15 is 0 Å². The van der Waals surface area contributed by atoms with Gasteiger partial charge >= 0.3 is 4.87 Å². The minimum atomic E-state index is -0.142. The van der Waals surface area contributed by atoms with Crippen LogP contribution in [-0.4, -0.2) is 25.7 Å². The minimum absolute atomic E-state index is 0. The van der Waals surface area contributed by atoms with Gasteiger partial charge in [0.25, 0.3) is 0 Å². The number of thiazole rings is 1. The van der Waals surface area contributed by atoms with E-state index in [2.05, 4.69) is 20.5 Å². The van der Waals surface area contributed by atoms with Gasteiger partial charge in [-0.15, -0.1) is 12.4 Å². The Morgan fingerprint density at radius 1 is 1.30 bits per heavy atom. The molecule has 0 unspecified atom stereocenters. The van der Waals surface area contributed by atoms with Crippen molar-refractivity contribution in [3.63, 3.8) is 0 Å². The molecule has 3 rings (SSSR count). The third-order valence-electron chi connectivity index (χ3n) is 4.09. The van der Waals surface area contributed by atoms with Crippen LogP contribution in [0.25, 0.3) is 11.4 Å². The van der Waals surface area contributed by atoms with Gasteiger partial charge in [-0.05, 0) is 38.1 Å². The number of amides is 1. The zero-order chi connectivity index (χ0) is 18.7. The van der Waals surface area contributed by atoms with Crippen LogP contribution < -0.4 is 15.9 Å². The summed E-state index contributed by atoms with van der Waals surface area (Å²) in [6, 6.07) is 7.24. The maximum Gasteiger partial charge on any atom is 0.307 e. The summed E-state index contributed by atoms with van der Waals surface area (Å²) in [5.41, 5.74) is 7.93. The van der Waals surface area contributed by atoms with E-state index in [1.807, 2.05) is 26.0 Å². The van der Waals surface area contributed by atoms with Crippen molar-refractivity contribution in [2.75, 3.05) is 5.32 Å². The van der Waals surface area contributed by atoms with Crippen LogP contribution in [0.1, 0.15) is 22.8 Å². The van der Waals surface area contributed by atoms with Crippen molar-refractivity contribution in [3.8, 4) is 11.4 Å². The monoisotopic (exact) mass is 408 g/mol. The van der Waals surface area contributed by atoms with E-state index in [4.69, 9.17) is 5.73 Å². The van der Waals surface area contributed by atoms with Crippen LogP contribution in [0.15, 0.2) is 29.1 Å². The van der Waals surface area contributed by atoms with Crippen molar-refractivity contribution in [2.24, 2.45) is 5.73 Å². The lowest BCUT2D eigenvalue weighted by atomic mass is 10.2. The number of nitrogens with two attached hydrogens (primary N) is 1. The molecule has 0 saturated carbocycles. The molecule has 0 aliphatic rings. The van der Waals surface area contributed by atoms with Crippen LogP contribution in [0.2, 0.25) is 0 Å². The average molecular weight is 409 g/mol. The first-order valence-corrected chi connectivity index (χ1v) is 8.98. The van der Waals surface area contributed by atoms with Crippen molar-refractivity contribution in [2.45, 2.75) is 33.4 Å². The molecule has 2 heterocycles. The number of aromatic nitrogens is 4. The maximum absolute atomic E-state index is 12.1. The summed E-state index contributed by atoms with van der Waals surface area (Å²) in [6.07, 6.45) is 0.236. The highest BCUT2D eigenvalue weighted by Crippen LogP contribution is 2.18. The van der Waals surface area contributed by atoms with Crippen LogP contribution in [-0.2, 0) is 17.9 Å². The molecule has 0 aliphatic heterocycles. The third kappa shape index (κ3) is 4.82. The van der Waals surface area contributed by atoms with E-state index in [-0.39, 0.29) is 29.6 Å². The summed E-state index contributed by atoms with van der Waals surface area (Å²) >= 11 is 1.21. The number of H-pyrrole nitrogens is 1. The molecule has 144 valence electrons. The summed E-state index contributed by atoms with van der Waals surface area (Å²) in [7, 11) is 0. The number of halogens is 1. The smallest absolute Gasteiger partial charge is 0.307 e. The molecular weight excluding hydrogens is 388 g/mol. The normalized spacial score (nSPS) is 10.5. The van der Waals surface area contributed by atoms with Gasteiger partial charge in [0.15, 0.2) is 5.82 Å². The standard InChI is InChI=1S/C17H20N6O2S.ClH/c1-10-11(2)26-17(25)23(10)8-7-15(24)19-13-5-3-12(4-6-13)16-20-14(9-18)21-22-16;/h3-6H,7-9,18H2,1-2H3,(H,19,24)(H,20,21,22);1H.